The van der Waals surface area contributed by atoms with E-state index in [9.17, 15) is 14.4 Å². The van der Waals surface area contributed by atoms with E-state index in [4.69, 9.17) is 4.74 Å². The second kappa shape index (κ2) is 13.9. The van der Waals surface area contributed by atoms with E-state index in [1.165, 1.54) is 4.90 Å². The fourth-order valence-corrected chi connectivity index (χ4v) is 10.4. The number of esters is 1. The number of hydrogen-bond acceptors (Lipinski definition) is 4. The second-order valence-electron chi connectivity index (χ2n) is 11.3. The summed E-state index contributed by atoms with van der Waals surface area (Å²) < 4.78 is 6.47. The first-order chi connectivity index (χ1) is 23.1. The van der Waals surface area contributed by atoms with E-state index < -0.39 is 30.5 Å². The van der Waals surface area contributed by atoms with Crippen LogP contribution in [0.4, 0.5) is 11.4 Å². The molecule has 7 rings (SSSR count). The smallest absolute Gasteiger partial charge is 0.346 e. The van der Waals surface area contributed by atoms with E-state index in [0.717, 1.165) is 15.9 Å². The molecule has 0 saturated carbocycles. The topological polar surface area (TPSA) is 63.7 Å². The first-order valence-corrected chi connectivity index (χ1v) is 17.4. The highest BCUT2D eigenvalue weighted by Crippen LogP contribution is 2.56. The molecule has 0 spiro atoms. The van der Waals surface area contributed by atoms with Crippen LogP contribution >= 0.6 is 7.26 Å². The number of benzene rings is 6. The molecule has 1 heterocycles. The summed E-state index contributed by atoms with van der Waals surface area (Å²) in [6.45, 7) is 0. The van der Waals surface area contributed by atoms with Gasteiger partial charge in [-0.1, -0.05) is 115 Å². The van der Waals surface area contributed by atoms with Crippen molar-refractivity contribution in [3.63, 3.8) is 0 Å². The van der Waals surface area contributed by atoms with Gasteiger partial charge in [0.1, 0.15) is 23.2 Å². The molecule has 0 aliphatic carbocycles. The van der Waals surface area contributed by atoms with Crippen molar-refractivity contribution in [3.8, 4) is 0 Å². The van der Waals surface area contributed by atoms with Crippen LogP contribution in [0.1, 0.15) is 15.9 Å². The minimum Gasteiger partial charge on any atom is -1.00 e. The van der Waals surface area contributed by atoms with Gasteiger partial charge in [0, 0.05) is 16.8 Å². The van der Waals surface area contributed by atoms with Crippen molar-refractivity contribution in [2.75, 3.05) is 11.1 Å². The van der Waals surface area contributed by atoms with Gasteiger partial charge in [0.2, 0.25) is 5.78 Å². The van der Waals surface area contributed by atoms with Gasteiger partial charge in [0.05, 0.1) is 5.69 Å². The molecule has 0 fully saturated rings. The van der Waals surface area contributed by atoms with E-state index >= 15 is 0 Å². The van der Waals surface area contributed by atoms with E-state index in [1.54, 1.807) is 66.7 Å². The van der Waals surface area contributed by atoms with Gasteiger partial charge in [0.15, 0.2) is 6.16 Å². The number of amides is 1. The molecule has 1 amide bonds. The van der Waals surface area contributed by atoms with Crippen LogP contribution in [0.3, 0.4) is 0 Å². The number of fused-ring (bicyclic) bond motifs is 1. The normalized spacial score (nSPS) is 15.6. The Hall–Kier alpha value is -5.16. The third-order valence-electron chi connectivity index (χ3n) is 8.63. The Labute approximate surface area is 290 Å². The highest BCUT2D eigenvalue weighted by Gasteiger charge is 2.59. The molecule has 1 aliphatic rings. The molecule has 7 heteroatoms. The van der Waals surface area contributed by atoms with Crippen LogP contribution in [0.15, 0.2) is 176 Å². The molecule has 0 saturated heterocycles. The third-order valence-corrected chi connectivity index (χ3v) is 12.9. The van der Waals surface area contributed by atoms with Crippen molar-refractivity contribution in [2.24, 2.45) is 0 Å². The first-order valence-electron chi connectivity index (χ1n) is 15.4. The van der Waals surface area contributed by atoms with Crippen molar-refractivity contribution in [1.29, 1.82) is 0 Å². The maximum Gasteiger partial charge on any atom is 0.346 e. The van der Waals surface area contributed by atoms with Crippen LogP contribution in [0, 0.1) is 0 Å². The summed E-state index contributed by atoms with van der Waals surface area (Å²) in [5, 5.41) is 2.96. The summed E-state index contributed by atoms with van der Waals surface area (Å²) in [5.74, 6) is -1.87. The maximum atomic E-state index is 15.0. The van der Waals surface area contributed by atoms with Crippen LogP contribution < -0.4 is 37.8 Å². The number of nitrogens with zero attached hydrogens (tertiary/aromatic N) is 1. The molecule has 1 atom stereocenters. The van der Waals surface area contributed by atoms with Gasteiger partial charge in [-0.05, 0) is 60.7 Å². The number of carbonyl (C=O) groups is 3. The van der Waals surface area contributed by atoms with Crippen molar-refractivity contribution in [3.05, 3.63) is 187 Å². The van der Waals surface area contributed by atoms with Crippen LogP contribution in [0.5, 0.6) is 0 Å². The number of hydrogen-bond donors (Lipinski definition) is 0. The monoisotopic (exact) mass is 711 g/mol. The molecule has 0 radical (unpaired) electrons. The average Bonchev–Trinajstić information content (AvgIpc) is 3.14. The van der Waals surface area contributed by atoms with Crippen LogP contribution in [0.25, 0.3) is 0 Å². The number of anilines is 2. The summed E-state index contributed by atoms with van der Waals surface area (Å²) in [7, 11) is -2.69. The molecule has 0 bridgehead atoms. The quantitative estimate of drug-likeness (QED) is 0.136. The molecule has 1 aliphatic heterocycles. The van der Waals surface area contributed by atoms with Gasteiger partial charge in [0.25, 0.3) is 11.5 Å². The number of ketones is 1. The average molecular weight is 713 g/mol. The Morgan fingerprint density at radius 2 is 0.979 bits per heavy atom. The maximum absolute atomic E-state index is 15.0. The molecule has 48 heavy (non-hydrogen) atoms. The molecule has 0 aromatic heterocycles. The predicted molar refractivity (Wildman–Crippen MR) is 189 cm³/mol. The largest absolute Gasteiger partial charge is 1.00 e. The Balaban J connectivity index is 0.00000401. The van der Waals surface area contributed by atoms with Gasteiger partial charge in [-0.2, -0.15) is 0 Å². The second-order valence-corrected chi connectivity index (χ2v) is 14.8. The van der Waals surface area contributed by atoms with Gasteiger partial charge < -0.3 is 21.7 Å². The number of halogens is 1. The fraction of sp³-hybridized carbons (Fsp3) is 0.0488. The number of carbonyl (C=O) groups excluding carboxylic acids is 3. The van der Waals surface area contributed by atoms with Crippen molar-refractivity contribution < 1.29 is 36.1 Å². The Morgan fingerprint density at radius 3 is 1.48 bits per heavy atom. The Morgan fingerprint density at radius 1 is 0.562 bits per heavy atom. The fourth-order valence-electron chi connectivity index (χ4n) is 6.49. The molecule has 6 aromatic carbocycles. The first kappa shape index (κ1) is 32.8. The van der Waals surface area contributed by atoms with Gasteiger partial charge >= 0.3 is 5.97 Å². The number of rotatable bonds is 8. The molecule has 6 aromatic rings. The van der Waals surface area contributed by atoms with Crippen LogP contribution in [0.2, 0.25) is 0 Å². The summed E-state index contributed by atoms with van der Waals surface area (Å²) in [6, 6.07) is 54.6. The number of ether oxygens (including phenoxy) is 1. The van der Waals surface area contributed by atoms with E-state index in [2.05, 4.69) is 0 Å². The van der Waals surface area contributed by atoms with Crippen LogP contribution in [-0.2, 0) is 19.9 Å². The minimum atomic E-state index is -2.69. The molecule has 236 valence electrons. The van der Waals surface area contributed by atoms with E-state index in [-0.39, 0.29) is 23.1 Å². The highest BCUT2D eigenvalue weighted by molar-refractivity contribution is 7.96. The van der Waals surface area contributed by atoms with Gasteiger partial charge in [-0.15, -0.1) is 0 Å². The zero-order valence-electron chi connectivity index (χ0n) is 25.9. The lowest BCUT2D eigenvalue weighted by atomic mass is 9.80. The van der Waals surface area contributed by atoms with Gasteiger partial charge in [-0.3, -0.25) is 14.5 Å². The number of para-hydroxylation sites is 2. The summed E-state index contributed by atoms with van der Waals surface area (Å²) >= 11 is 0. The zero-order valence-corrected chi connectivity index (χ0v) is 28.3. The van der Waals surface area contributed by atoms with Crippen molar-refractivity contribution in [1.82, 2.24) is 0 Å². The molecular weight excluding hydrogens is 681 g/mol. The minimum absolute atomic E-state index is 0. The van der Waals surface area contributed by atoms with Crippen LogP contribution in [-0.4, -0.2) is 23.8 Å². The summed E-state index contributed by atoms with van der Waals surface area (Å²) in [4.78, 5) is 45.9. The lowest BCUT2D eigenvalue weighted by molar-refractivity contribution is -0.161. The van der Waals surface area contributed by atoms with Crippen molar-refractivity contribution >= 4 is 52.2 Å². The summed E-state index contributed by atoms with van der Waals surface area (Å²) in [6.07, 6.45) is -0.0623. The lowest BCUT2D eigenvalue weighted by Crippen LogP contribution is -3.00. The van der Waals surface area contributed by atoms with E-state index in [0.29, 0.717) is 22.5 Å². The standard InChI is InChI=1S/C41H31NO4P.BrH/c43-38(30-47(33-22-10-3-11-23-33,34-24-12-4-13-25-34)35-26-14-5-15-27-35)46-41(31-18-6-1-7-19-31)39(44)36-28-16-17-29-37(36)42(40(41)45)32-20-8-2-9-21-32;/h1-29H,30H2;1H/q+1;/p-1. The molecule has 0 N–H and O–H groups in total. The van der Waals surface area contributed by atoms with E-state index in [1.807, 2.05) is 109 Å². The highest BCUT2D eigenvalue weighted by atomic mass is 79.9. The Kier molecular flexibility index (Phi) is 9.49. The number of Topliss-reactive ketones (excluding diaryl/α,β-unsaturated/α-hetero) is 1. The summed E-state index contributed by atoms with van der Waals surface area (Å²) in [5.41, 5.74) is -0.656. The lowest BCUT2D eigenvalue weighted by Gasteiger charge is -2.41. The van der Waals surface area contributed by atoms with Crippen molar-refractivity contribution in [2.45, 2.75) is 5.60 Å². The third kappa shape index (κ3) is 5.57. The molecule has 5 nitrogen and oxygen atoms in total. The zero-order chi connectivity index (χ0) is 32.3. The SMILES string of the molecule is O=C(C[P+](c1ccccc1)(c1ccccc1)c1ccccc1)OC1(c2ccccc2)C(=O)c2ccccc2N(c2ccccc2)C1=O.[Br-]. The predicted octanol–water partition coefficient (Wildman–Crippen LogP) is 3.98. The molecular formula is C41H31BrNO4P. The Bertz CT molecular complexity index is 1950. The molecule has 1 unspecified atom stereocenters. The van der Waals surface area contributed by atoms with Gasteiger partial charge in [-0.25, -0.2) is 4.79 Å².